The molecule has 3 aromatic heterocycles. The predicted octanol–water partition coefficient (Wildman–Crippen LogP) is 19.5. The van der Waals surface area contributed by atoms with Gasteiger partial charge in [0.2, 0.25) is 35.6 Å². The van der Waals surface area contributed by atoms with Gasteiger partial charge in [-0.05, 0) is 233 Å². The second-order valence-electron chi connectivity index (χ2n) is 32.2. The molecule has 13 rings (SSSR count). The molecule has 9 aromatic carbocycles. The van der Waals surface area contributed by atoms with E-state index in [1.54, 1.807) is 133 Å². The summed E-state index contributed by atoms with van der Waals surface area (Å²) in [5, 5.41) is 54.8. The molecular weight excluding hydrogens is 1940 g/mol. The average Bonchev–Trinajstić information content (AvgIpc) is 1.60. The van der Waals surface area contributed by atoms with E-state index in [0.29, 0.717) is 121 Å². The van der Waals surface area contributed by atoms with Crippen molar-refractivity contribution in [2.75, 3.05) is 106 Å². The van der Waals surface area contributed by atoms with Crippen molar-refractivity contribution in [2.45, 2.75) is 118 Å². The van der Waals surface area contributed by atoms with Crippen LogP contribution in [-0.2, 0) is 88.4 Å². The summed E-state index contributed by atoms with van der Waals surface area (Å²) >= 11 is 0. The number of halogens is 10. The Hall–Kier alpha value is -15.1. The van der Waals surface area contributed by atoms with Crippen molar-refractivity contribution in [1.82, 2.24) is 29.9 Å². The van der Waals surface area contributed by atoms with Crippen molar-refractivity contribution < 1.29 is 115 Å². The number of hydrogen-bond acceptors (Lipinski definition) is 27. The third-order valence-electron chi connectivity index (χ3n) is 21.1. The Balaban J connectivity index is 0.000000205. The molecule has 0 bridgehead atoms. The maximum absolute atomic E-state index is 15.4. The number of ether oxygens (including phenoxy) is 3. The molecule has 12 N–H and O–H groups in total. The molecule has 143 heavy (non-hydrogen) atoms. The number of alkyl halides is 6. The summed E-state index contributed by atoms with van der Waals surface area (Å²) in [5.41, 5.74) is 1.60. The lowest BCUT2D eigenvalue weighted by Gasteiger charge is -2.18. The fourth-order valence-corrected chi connectivity index (χ4v) is 16.8. The van der Waals surface area contributed by atoms with Crippen molar-refractivity contribution in [3.8, 4) is 33.4 Å². The van der Waals surface area contributed by atoms with Crippen LogP contribution in [0.2, 0.25) is 0 Å². The maximum atomic E-state index is 15.4. The van der Waals surface area contributed by atoms with Crippen LogP contribution in [-0.4, -0.2) is 170 Å². The fourth-order valence-electron chi connectivity index (χ4n) is 13.5. The van der Waals surface area contributed by atoms with Gasteiger partial charge in [-0.15, -0.1) is 13.1 Å². The van der Waals surface area contributed by atoms with E-state index in [1.807, 2.05) is 30.3 Å². The van der Waals surface area contributed by atoms with Gasteiger partial charge in [0.1, 0.15) is 40.7 Å². The summed E-state index contributed by atoms with van der Waals surface area (Å²) in [4.78, 5) is 101. The number of carbonyl (C=O) groups is 6. The highest BCUT2D eigenvalue weighted by Crippen LogP contribution is 2.49. The van der Waals surface area contributed by atoms with E-state index >= 15 is 8.78 Å². The first-order chi connectivity index (χ1) is 67.8. The number of aliphatic hydroxyl groups excluding tert-OH is 3. The fraction of sp³-hybridized carbons (Fsp3) is 0.258. The van der Waals surface area contributed by atoms with Crippen LogP contribution in [0.15, 0.2) is 247 Å². The first-order valence-electron chi connectivity index (χ1n) is 43.7. The lowest BCUT2D eigenvalue weighted by Crippen LogP contribution is -2.28. The number of nitrogens with one attached hydrogen (secondary N) is 9. The van der Waals surface area contributed by atoms with Gasteiger partial charge in [-0.25, -0.2) is 59.5 Å². The van der Waals surface area contributed by atoms with Crippen molar-refractivity contribution in [3.05, 3.63) is 270 Å². The van der Waals surface area contributed by atoms with E-state index < -0.39 is 136 Å². The van der Waals surface area contributed by atoms with Gasteiger partial charge >= 0.3 is 30.6 Å². The number of nitrogens with zero attached hydrogens (tertiary/aromatic N) is 9. The Bertz CT molecular complexity index is 7040. The molecule has 46 heteroatoms. The number of hydrogen-bond donors (Lipinski definition) is 12. The Labute approximate surface area is 815 Å². The molecule has 33 nitrogen and oxygen atoms in total. The van der Waals surface area contributed by atoms with Gasteiger partial charge < -0.3 is 77.4 Å². The van der Waals surface area contributed by atoms with E-state index in [9.17, 15) is 91.8 Å². The smallest absolute Gasteiger partial charge is 0.442 e. The van der Waals surface area contributed by atoms with Crippen LogP contribution in [0.25, 0.3) is 33.4 Å². The van der Waals surface area contributed by atoms with Gasteiger partial charge in [-0.2, -0.15) is 41.3 Å². The zero-order valence-corrected chi connectivity index (χ0v) is 80.3. The van der Waals surface area contributed by atoms with Gasteiger partial charge in [0.25, 0.3) is 0 Å². The number of amides is 6. The lowest BCUT2D eigenvalue weighted by atomic mass is 9.95. The Morgan fingerprint density at radius 2 is 0.727 bits per heavy atom. The van der Waals surface area contributed by atoms with Crippen LogP contribution >= 0.6 is 0 Å². The number of aliphatic hydroxyl groups is 3. The summed E-state index contributed by atoms with van der Waals surface area (Å²) in [5.74, 6) is -3.92. The molecule has 6 unspecified atom stereocenters. The number of benzene rings is 9. The molecular formula is C97H98F10N18O15S3. The second kappa shape index (κ2) is 47.9. The molecule has 754 valence electrons. The van der Waals surface area contributed by atoms with Crippen LogP contribution in [0, 0.1) is 23.3 Å². The van der Waals surface area contributed by atoms with E-state index in [2.05, 4.69) is 90.8 Å². The molecule has 6 amide bonds. The van der Waals surface area contributed by atoms with Crippen LogP contribution in [0.3, 0.4) is 0 Å². The first-order valence-corrected chi connectivity index (χ1v) is 49.5. The van der Waals surface area contributed by atoms with Crippen LogP contribution in [0.4, 0.5) is 128 Å². The quantitative estimate of drug-likeness (QED) is 0.0134. The van der Waals surface area contributed by atoms with E-state index in [1.165, 1.54) is 73.8 Å². The minimum absolute atomic E-state index is 0.0721. The number of rotatable bonds is 33. The largest absolute Gasteiger partial charge is 0.448 e. The van der Waals surface area contributed by atoms with E-state index in [0.717, 1.165) is 11.6 Å². The highest BCUT2D eigenvalue weighted by atomic mass is 32.2. The molecule has 3 heterocycles. The average molecular weight is 2040 g/mol. The molecule has 6 atom stereocenters. The third kappa shape index (κ3) is 30.0. The first kappa shape index (κ1) is 108. The monoisotopic (exact) mass is 2040 g/mol. The van der Waals surface area contributed by atoms with Gasteiger partial charge in [0.15, 0.2) is 0 Å². The Kier molecular flexibility index (Phi) is 36.3. The molecule has 0 aliphatic heterocycles. The van der Waals surface area contributed by atoms with Gasteiger partial charge in [-0.3, -0.25) is 14.4 Å². The van der Waals surface area contributed by atoms with Crippen molar-refractivity contribution in [2.24, 2.45) is 13.1 Å². The second-order valence-corrected chi connectivity index (χ2v) is 39.0. The van der Waals surface area contributed by atoms with E-state index in [-0.39, 0.29) is 109 Å². The Morgan fingerprint density at radius 3 is 1.05 bits per heavy atom. The molecule has 1 fully saturated rings. The summed E-state index contributed by atoms with van der Waals surface area (Å²) in [7, 11) is -9.10. The van der Waals surface area contributed by atoms with Crippen molar-refractivity contribution >= 4 is 135 Å². The molecule has 1 saturated carbocycles. The summed E-state index contributed by atoms with van der Waals surface area (Å²) in [6.45, 7) is 9.71. The number of carbonyl (C=O) groups excluding carboxylic acids is 6. The van der Waals surface area contributed by atoms with Gasteiger partial charge in [0, 0.05) is 110 Å². The Morgan fingerprint density at radius 1 is 0.406 bits per heavy atom. The summed E-state index contributed by atoms with van der Waals surface area (Å²) in [6, 6.07) is 45.4. The standard InChI is InChI=1S/C33H35FN6O5S.C32H31F5N6O5S.C32H32F4N6O5S/c1-4-45-32(43)40-46(3,44)25-13-11-24(12-14-25)37-31-35-19-26(29(39-31)36-21(2)20-41)22-10-15-28(27(34)18-22)38-30(42)33(16-17-33)23-8-6-5-7-9-23;1-4-48-31(46)43-49(3,47)23-9-7-22(8-10-23)40-30-38-16-24(29(42-30)39-18(2)17-44)19-5-12-27(26(34)14-19)41-28(45)15-20-13-21(32(35,36)37)6-11-25(20)33;1-4-47-31(45)42-48(3,46)25-12-10-24(11-13-25)40-30-37-17-26(29(41-30)38-19(2)18-43)20-5-8-23(9-6-20)39-28(44)16-21-15-22(32(34,35)36)7-14-27(21)33/h5-15,18-19,21,41H,4,16-17,20H2,1-3H3,(H,38,42)(H2,35,36,37,39);5-14,16,18,44H,4,15,17H2,1-3H3,(H,41,45)(H2,38,39,40,42);5-15,17,19,43H,4,16,18H2,1-3H3,(H,39,44)(H2,37,38,40,41). The summed E-state index contributed by atoms with van der Waals surface area (Å²) in [6.07, 6.45) is -3.68. The maximum Gasteiger partial charge on any atom is 0.442 e. The zero-order chi connectivity index (χ0) is 104. The highest BCUT2D eigenvalue weighted by molar-refractivity contribution is 7.93. The van der Waals surface area contributed by atoms with E-state index in [4.69, 9.17) is 14.2 Å². The van der Waals surface area contributed by atoms with Crippen LogP contribution in [0.5, 0.6) is 0 Å². The normalized spacial score (nSPS) is 13.8. The van der Waals surface area contributed by atoms with Crippen molar-refractivity contribution in [3.63, 3.8) is 0 Å². The number of anilines is 12. The van der Waals surface area contributed by atoms with Gasteiger partial charge in [-0.1, -0.05) is 54.6 Å². The lowest BCUT2D eigenvalue weighted by molar-refractivity contribution is -0.138. The van der Waals surface area contributed by atoms with Crippen molar-refractivity contribution in [1.29, 1.82) is 0 Å². The molecule has 0 radical (unpaired) electrons. The molecule has 1 aliphatic carbocycles. The predicted molar refractivity (Wildman–Crippen MR) is 521 cm³/mol. The highest BCUT2D eigenvalue weighted by Gasteiger charge is 2.51. The minimum Gasteiger partial charge on any atom is -0.448 e. The molecule has 0 spiro atoms. The topological polar surface area (TPSA) is 465 Å². The third-order valence-corrected chi connectivity index (χ3v) is 26.0. The molecule has 1 aliphatic rings. The van der Waals surface area contributed by atoms with Crippen LogP contribution < -0.4 is 47.9 Å². The SMILES string of the molecule is CCOC(=O)N=S(C)(=O)c1ccc(Nc2ncc(-c3ccc(NC(=O)C4(c5ccccc5)CC4)c(F)c3)c(NC(C)CO)n2)cc1.CCOC(=O)N=S(C)(=O)c1ccc(Nc2ncc(-c3ccc(NC(=O)Cc4cc(C(F)(F)F)ccc4F)c(F)c3)c(NC(C)CO)n2)cc1.CCOC(=O)N=S(C)(=O)c1ccc(Nc2ncc(-c3ccc(NC(=O)Cc4cc(C(F)(F)F)ccc4F)cc3)c(NC(C)CO)n2)cc1. The minimum atomic E-state index is -4.74. The van der Waals surface area contributed by atoms with Crippen LogP contribution in [0.1, 0.15) is 82.2 Å². The summed E-state index contributed by atoms with van der Waals surface area (Å²) < 4.78 is 201. The molecule has 12 aromatic rings. The van der Waals surface area contributed by atoms with Gasteiger partial charge in [0.05, 0.1) is 110 Å². The molecule has 0 saturated heterocycles. The number of aromatic nitrogens is 6. The zero-order valence-electron chi connectivity index (χ0n) is 77.9.